The third-order valence-corrected chi connectivity index (χ3v) is 11.4. The molecule has 5 aromatic rings. The summed E-state index contributed by atoms with van der Waals surface area (Å²) in [4.78, 5) is 2.10. The van der Waals surface area contributed by atoms with E-state index in [0.29, 0.717) is 17.8 Å². The molecule has 0 aromatic heterocycles. The van der Waals surface area contributed by atoms with Crippen molar-refractivity contribution >= 4 is 33.3 Å². The Morgan fingerprint density at radius 3 is 2.30 bits per heavy atom. The Morgan fingerprint density at radius 1 is 0.768 bits per heavy atom. The van der Waals surface area contributed by atoms with Crippen LogP contribution in [0.2, 0.25) is 0 Å². The Bertz CT molecular complexity index is 2620. The van der Waals surface area contributed by atoms with Gasteiger partial charge in [0.15, 0.2) is 0 Å². The molecule has 2 atom stereocenters. The molecule has 0 saturated heterocycles. The van der Waals surface area contributed by atoms with Gasteiger partial charge in [0.25, 0.3) is 0 Å². The predicted octanol–water partition coefficient (Wildman–Crippen LogP) is 14.7. The summed E-state index contributed by atoms with van der Waals surface area (Å²) >= 11 is 0. The van der Waals surface area contributed by atoms with Crippen molar-refractivity contribution < 1.29 is 2.74 Å². The van der Waals surface area contributed by atoms with Gasteiger partial charge >= 0.3 is 0 Å². The SMILES string of the molecule is [2H]c1cc(N(/C=C/C2=C(C=C)c3ccccc3C2(c2ccccc2)C(C=C)CC=C)c2cccc3ccccc23)c([2H])cc1/C(=C/C1=CCCC=C1)C1=CCCC=C1. The van der Waals surface area contributed by atoms with Crippen molar-refractivity contribution in [2.24, 2.45) is 5.92 Å². The van der Waals surface area contributed by atoms with Gasteiger partial charge in [-0.05, 0) is 124 Å². The van der Waals surface area contributed by atoms with Gasteiger partial charge < -0.3 is 4.90 Å². The fourth-order valence-corrected chi connectivity index (χ4v) is 8.83. The first-order valence-electron chi connectivity index (χ1n) is 20.8. The lowest BCUT2D eigenvalue weighted by atomic mass is 9.62. The van der Waals surface area contributed by atoms with E-state index in [1.807, 2.05) is 24.3 Å². The number of rotatable bonds is 13. The molecule has 274 valence electrons. The second-order valence-corrected chi connectivity index (χ2v) is 14.6. The van der Waals surface area contributed by atoms with Crippen LogP contribution in [0.25, 0.3) is 21.9 Å². The molecule has 0 N–H and O–H groups in total. The third-order valence-electron chi connectivity index (χ3n) is 11.4. The number of nitrogens with zero attached hydrogens (tertiary/aromatic N) is 1. The lowest BCUT2D eigenvalue weighted by Crippen LogP contribution is -2.36. The molecule has 0 fully saturated rings. The summed E-state index contributed by atoms with van der Waals surface area (Å²) in [5.74, 6) is -0.0232. The van der Waals surface area contributed by atoms with Crippen LogP contribution in [0.5, 0.6) is 0 Å². The molecule has 0 amide bonds. The van der Waals surface area contributed by atoms with E-state index >= 15 is 0 Å². The second kappa shape index (κ2) is 16.5. The molecule has 0 heterocycles. The molecule has 3 aliphatic carbocycles. The third kappa shape index (κ3) is 6.75. The van der Waals surface area contributed by atoms with E-state index in [2.05, 4.69) is 183 Å². The number of anilines is 2. The van der Waals surface area contributed by atoms with E-state index < -0.39 is 5.41 Å². The van der Waals surface area contributed by atoms with Crippen LogP contribution in [0.1, 0.15) is 57.1 Å². The molecule has 1 heteroatoms. The molecular formula is C55H49N. The Labute approximate surface area is 336 Å². The molecule has 3 aliphatic rings. The van der Waals surface area contributed by atoms with E-state index in [0.717, 1.165) is 93.1 Å². The highest BCUT2D eigenvalue weighted by molar-refractivity contribution is 5.97. The van der Waals surface area contributed by atoms with Gasteiger partial charge in [-0.25, -0.2) is 0 Å². The van der Waals surface area contributed by atoms with Crippen molar-refractivity contribution in [3.05, 3.63) is 253 Å². The van der Waals surface area contributed by atoms with Crippen molar-refractivity contribution in [2.45, 2.75) is 37.5 Å². The van der Waals surface area contributed by atoms with E-state index in [1.54, 1.807) is 0 Å². The first kappa shape index (κ1) is 34.1. The maximum Gasteiger partial charge on any atom is 0.0645 e. The van der Waals surface area contributed by atoms with Crippen molar-refractivity contribution in [3.63, 3.8) is 0 Å². The van der Waals surface area contributed by atoms with Crippen LogP contribution in [0.15, 0.2) is 231 Å². The fourth-order valence-electron chi connectivity index (χ4n) is 8.83. The van der Waals surface area contributed by atoms with E-state index in [4.69, 9.17) is 0 Å². The topological polar surface area (TPSA) is 3.24 Å². The summed E-state index contributed by atoms with van der Waals surface area (Å²) < 4.78 is 19.4. The summed E-state index contributed by atoms with van der Waals surface area (Å²) in [6.07, 6.45) is 30.5. The number of fused-ring (bicyclic) bond motifs is 2. The summed E-state index contributed by atoms with van der Waals surface area (Å²) in [6, 6.07) is 38.5. The minimum atomic E-state index is -0.602. The molecule has 0 aliphatic heterocycles. The monoisotopic (exact) mass is 725 g/mol. The first-order chi connectivity index (χ1) is 28.5. The Balaban J connectivity index is 1.36. The Morgan fingerprint density at radius 2 is 1.54 bits per heavy atom. The van der Waals surface area contributed by atoms with Crippen LogP contribution in [0.3, 0.4) is 0 Å². The highest BCUT2D eigenvalue weighted by Gasteiger charge is 2.48. The number of hydrogen-bond donors (Lipinski definition) is 0. The van der Waals surface area contributed by atoms with E-state index in [9.17, 15) is 2.74 Å². The minimum absolute atomic E-state index is 0.0232. The molecule has 0 radical (unpaired) electrons. The quantitative estimate of drug-likeness (QED) is 0.109. The molecule has 5 aromatic carbocycles. The van der Waals surface area contributed by atoms with Crippen molar-refractivity contribution in [3.8, 4) is 0 Å². The normalized spacial score (nSPS) is 18.9. The summed E-state index contributed by atoms with van der Waals surface area (Å²) in [5, 5.41) is 2.15. The highest BCUT2D eigenvalue weighted by Crippen LogP contribution is 2.57. The van der Waals surface area contributed by atoms with Gasteiger partial charge in [0.2, 0.25) is 0 Å². The predicted molar refractivity (Wildman–Crippen MR) is 242 cm³/mol. The lowest BCUT2D eigenvalue weighted by molar-refractivity contribution is 0.458. The van der Waals surface area contributed by atoms with Gasteiger partial charge in [0.05, 0.1) is 13.8 Å². The molecule has 0 spiro atoms. The zero-order valence-corrected chi connectivity index (χ0v) is 32.0. The van der Waals surface area contributed by atoms with Gasteiger partial charge in [-0.2, -0.15) is 0 Å². The summed E-state index contributed by atoms with van der Waals surface area (Å²) in [5.41, 5.74) is 10.5. The first-order valence-corrected chi connectivity index (χ1v) is 19.8. The van der Waals surface area contributed by atoms with Gasteiger partial charge in [-0.1, -0.05) is 164 Å². The average molecular weight is 726 g/mol. The zero-order valence-electron chi connectivity index (χ0n) is 34.0. The van der Waals surface area contributed by atoms with Crippen LogP contribution in [0.4, 0.5) is 11.4 Å². The number of benzene rings is 5. The smallest absolute Gasteiger partial charge is 0.0645 e. The molecule has 8 rings (SSSR count). The van der Waals surface area contributed by atoms with Gasteiger partial charge in [-0.15, -0.1) is 13.2 Å². The largest absolute Gasteiger partial charge is 0.317 e. The average Bonchev–Trinajstić information content (AvgIpc) is 3.56. The van der Waals surface area contributed by atoms with Crippen molar-refractivity contribution in [1.82, 2.24) is 0 Å². The molecule has 2 unspecified atom stereocenters. The minimum Gasteiger partial charge on any atom is -0.317 e. The summed E-state index contributed by atoms with van der Waals surface area (Å²) in [6.45, 7) is 12.9. The number of allylic oxidation sites excluding steroid dienone is 16. The molecule has 1 nitrogen and oxygen atoms in total. The highest BCUT2D eigenvalue weighted by atomic mass is 15.1. The van der Waals surface area contributed by atoms with Crippen LogP contribution >= 0.6 is 0 Å². The van der Waals surface area contributed by atoms with Crippen molar-refractivity contribution in [2.75, 3.05) is 4.90 Å². The fraction of sp³-hybridized carbons (Fsp3) is 0.127. The van der Waals surface area contributed by atoms with Crippen LogP contribution in [-0.2, 0) is 5.41 Å². The molecule has 0 saturated carbocycles. The van der Waals surface area contributed by atoms with Gasteiger partial charge in [0, 0.05) is 17.3 Å². The number of hydrogen-bond acceptors (Lipinski definition) is 1. The van der Waals surface area contributed by atoms with Gasteiger partial charge in [0.1, 0.15) is 0 Å². The Hall–Kier alpha value is -6.44. The van der Waals surface area contributed by atoms with Crippen LogP contribution in [-0.4, -0.2) is 0 Å². The Kier molecular flexibility index (Phi) is 10.0. The second-order valence-electron chi connectivity index (χ2n) is 14.6. The molecule has 56 heavy (non-hydrogen) atoms. The van der Waals surface area contributed by atoms with Crippen LogP contribution in [0, 0.1) is 5.92 Å². The maximum absolute atomic E-state index is 9.75. The maximum atomic E-state index is 9.75. The van der Waals surface area contributed by atoms with Gasteiger partial charge in [-0.3, -0.25) is 0 Å². The van der Waals surface area contributed by atoms with E-state index in [1.165, 1.54) is 5.56 Å². The standard InChI is InChI=1S/C55H49N/c1-4-21-45(5-2)55(46-28-14-9-15-29-46)52-32-19-18-31-50(52)48(6-3)53(55)38-39-56(54-33-20-27-42-26-16-17-30-49(42)54)47-36-34-44(35-37-47)51(43-24-12-8-13-25-43)40-41-22-10-7-11-23-41/h4-6,9-10,12,14-20,22-40,45H,1-3,7-8,11,13,21H2/b39-38+,51-40+/i34D,37D. The lowest BCUT2D eigenvalue weighted by Gasteiger charge is -2.40. The van der Waals surface area contributed by atoms with Crippen molar-refractivity contribution in [1.29, 1.82) is 0 Å². The molecular weight excluding hydrogens is 675 g/mol. The molecule has 0 bridgehead atoms. The van der Waals surface area contributed by atoms with Crippen LogP contribution < -0.4 is 4.90 Å². The summed E-state index contributed by atoms with van der Waals surface area (Å²) in [7, 11) is 0. The van der Waals surface area contributed by atoms with E-state index in [-0.39, 0.29) is 5.92 Å². The zero-order chi connectivity index (χ0) is 40.1.